The van der Waals surface area contributed by atoms with Crippen LogP contribution in [-0.4, -0.2) is 43.3 Å². The highest BCUT2D eigenvalue weighted by molar-refractivity contribution is 4.82. The number of hydrogen-bond donors (Lipinski definition) is 0. The van der Waals surface area contributed by atoms with E-state index in [4.69, 9.17) is 11.3 Å². The minimum atomic E-state index is 0.403. The zero-order valence-electron chi connectivity index (χ0n) is 8.49. The van der Waals surface area contributed by atoms with Crippen LogP contribution in [0.2, 0.25) is 0 Å². The largest absolute Gasteiger partial charge is 0.380 e. The van der Waals surface area contributed by atoms with Gasteiger partial charge in [-0.3, -0.25) is 4.90 Å². The molecule has 1 fully saturated rings. The standard InChI is InChI=1S/C10H18N2O/c1-9(2)12-5-7-13-6-4-10(12)8-11-3/h9-10H,4-8H2,1-2H3/t10-/m0/s1. The van der Waals surface area contributed by atoms with E-state index in [2.05, 4.69) is 23.6 Å². The molecule has 0 aliphatic carbocycles. The Morgan fingerprint density at radius 1 is 1.54 bits per heavy atom. The van der Waals surface area contributed by atoms with Crippen LogP contribution < -0.4 is 0 Å². The molecule has 1 aliphatic rings. The maximum absolute atomic E-state index is 6.90. The van der Waals surface area contributed by atoms with Crippen molar-refractivity contribution in [3.8, 4) is 0 Å². The Bertz CT molecular complexity index is 186. The van der Waals surface area contributed by atoms with Crippen molar-refractivity contribution in [2.75, 3.05) is 26.3 Å². The molecule has 0 bridgehead atoms. The van der Waals surface area contributed by atoms with Gasteiger partial charge in [-0.15, -0.1) is 0 Å². The second kappa shape index (κ2) is 5.21. The Balaban J connectivity index is 2.56. The first kappa shape index (κ1) is 10.5. The zero-order chi connectivity index (χ0) is 9.68. The van der Waals surface area contributed by atoms with Crippen molar-refractivity contribution < 1.29 is 4.74 Å². The Morgan fingerprint density at radius 3 is 2.92 bits per heavy atom. The van der Waals surface area contributed by atoms with Gasteiger partial charge >= 0.3 is 0 Å². The van der Waals surface area contributed by atoms with Crippen LogP contribution in [0.25, 0.3) is 4.85 Å². The van der Waals surface area contributed by atoms with Crippen LogP contribution in [-0.2, 0) is 4.74 Å². The van der Waals surface area contributed by atoms with E-state index in [-0.39, 0.29) is 0 Å². The quantitative estimate of drug-likeness (QED) is 0.600. The number of hydrogen-bond acceptors (Lipinski definition) is 2. The molecule has 0 saturated carbocycles. The van der Waals surface area contributed by atoms with Crippen molar-refractivity contribution in [3.63, 3.8) is 0 Å². The van der Waals surface area contributed by atoms with Crippen LogP contribution in [0.5, 0.6) is 0 Å². The van der Waals surface area contributed by atoms with Gasteiger partial charge in [-0.25, -0.2) is 6.57 Å². The zero-order valence-corrected chi connectivity index (χ0v) is 8.49. The van der Waals surface area contributed by atoms with E-state index in [0.29, 0.717) is 18.6 Å². The summed E-state index contributed by atoms with van der Waals surface area (Å²) >= 11 is 0. The predicted octanol–water partition coefficient (Wildman–Crippen LogP) is 1.40. The van der Waals surface area contributed by atoms with Crippen LogP contribution >= 0.6 is 0 Å². The van der Waals surface area contributed by atoms with Gasteiger partial charge in [0.25, 0.3) is 0 Å². The highest BCUT2D eigenvalue weighted by Crippen LogP contribution is 2.12. The summed E-state index contributed by atoms with van der Waals surface area (Å²) in [6, 6.07) is 0.924. The van der Waals surface area contributed by atoms with E-state index in [1.807, 2.05) is 0 Å². The maximum atomic E-state index is 6.90. The molecule has 0 N–H and O–H groups in total. The van der Waals surface area contributed by atoms with Gasteiger partial charge in [0, 0.05) is 19.2 Å². The summed E-state index contributed by atoms with van der Waals surface area (Å²) in [5.74, 6) is 0. The van der Waals surface area contributed by atoms with Crippen LogP contribution in [0.15, 0.2) is 0 Å². The molecule has 3 heteroatoms. The topological polar surface area (TPSA) is 16.8 Å². The SMILES string of the molecule is [C-]#[N+]C[C@@H]1CCOCCN1C(C)C. The highest BCUT2D eigenvalue weighted by atomic mass is 16.5. The molecule has 13 heavy (non-hydrogen) atoms. The number of rotatable bonds is 2. The summed E-state index contributed by atoms with van der Waals surface area (Å²) in [4.78, 5) is 5.87. The Labute approximate surface area is 80.5 Å². The fraction of sp³-hybridized carbons (Fsp3) is 0.900. The lowest BCUT2D eigenvalue weighted by Crippen LogP contribution is -2.42. The van der Waals surface area contributed by atoms with Gasteiger partial charge < -0.3 is 9.58 Å². The molecule has 0 aromatic carbocycles. The first-order chi connectivity index (χ1) is 6.25. The molecule has 0 amide bonds. The molecular weight excluding hydrogens is 164 g/mol. The molecule has 74 valence electrons. The third-order valence-electron chi connectivity index (χ3n) is 2.52. The summed E-state index contributed by atoms with van der Waals surface area (Å²) in [7, 11) is 0. The average Bonchev–Trinajstić information content (AvgIpc) is 2.30. The molecule has 0 aromatic rings. The molecule has 0 spiro atoms. The summed E-state index contributed by atoms with van der Waals surface area (Å²) in [6.45, 7) is 14.5. The van der Waals surface area contributed by atoms with Gasteiger partial charge in [-0.2, -0.15) is 0 Å². The lowest BCUT2D eigenvalue weighted by Gasteiger charge is -2.29. The molecule has 3 nitrogen and oxygen atoms in total. The smallest absolute Gasteiger partial charge is 0.230 e. The van der Waals surface area contributed by atoms with E-state index in [1.165, 1.54) is 0 Å². The third kappa shape index (κ3) is 2.98. The minimum Gasteiger partial charge on any atom is -0.380 e. The van der Waals surface area contributed by atoms with Crippen molar-refractivity contribution in [2.45, 2.75) is 32.4 Å². The van der Waals surface area contributed by atoms with Gasteiger partial charge in [-0.1, -0.05) is 0 Å². The van der Waals surface area contributed by atoms with Gasteiger partial charge in [0.2, 0.25) is 6.54 Å². The summed E-state index contributed by atoms with van der Waals surface area (Å²) in [5, 5.41) is 0. The van der Waals surface area contributed by atoms with E-state index < -0.39 is 0 Å². The lowest BCUT2D eigenvalue weighted by molar-refractivity contribution is 0.131. The Kier molecular flexibility index (Phi) is 4.20. The molecule has 1 aliphatic heterocycles. The first-order valence-corrected chi connectivity index (χ1v) is 4.92. The van der Waals surface area contributed by atoms with E-state index >= 15 is 0 Å². The van der Waals surface area contributed by atoms with Gasteiger partial charge in [0.15, 0.2) is 0 Å². The van der Waals surface area contributed by atoms with Crippen molar-refractivity contribution in [1.29, 1.82) is 0 Å². The molecule has 0 unspecified atom stereocenters. The normalized spacial score (nSPS) is 25.5. The predicted molar refractivity (Wildman–Crippen MR) is 52.5 cm³/mol. The Morgan fingerprint density at radius 2 is 2.31 bits per heavy atom. The summed E-state index contributed by atoms with van der Waals surface area (Å²) in [5.41, 5.74) is 0. The van der Waals surface area contributed by atoms with Crippen molar-refractivity contribution in [1.82, 2.24) is 4.90 Å². The van der Waals surface area contributed by atoms with E-state index in [1.54, 1.807) is 0 Å². The molecule has 1 saturated heterocycles. The average molecular weight is 182 g/mol. The second-order valence-electron chi connectivity index (χ2n) is 3.73. The number of ether oxygens (including phenoxy) is 1. The maximum Gasteiger partial charge on any atom is 0.230 e. The molecule has 0 aromatic heterocycles. The van der Waals surface area contributed by atoms with Crippen LogP contribution in [0, 0.1) is 6.57 Å². The van der Waals surface area contributed by atoms with E-state index in [0.717, 1.165) is 26.2 Å². The van der Waals surface area contributed by atoms with Crippen molar-refractivity contribution in [2.24, 2.45) is 0 Å². The molecule has 1 heterocycles. The highest BCUT2D eigenvalue weighted by Gasteiger charge is 2.25. The lowest BCUT2D eigenvalue weighted by atomic mass is 10.1. The van der Waals surface area contributed by atoms with Crippen molar-refractivity contribution in [3.05, 3.63) is 11.4 Å². The first-order valence-electron chi connectivity index (χ1n) is 4.92. The van der Waals surface area contributed by atoms with Gasteiger partial charge in [-0.05, 0) is 20.3 Å². The Hall–Kier alpha value is -0.590. The van der Waals surface area contributed by atoms with Crippen LogP contribution in [0.1, 0.15) is 20.3 Å². The fourth-order valence-electron chi connectivity index (χ4n) is 1.82. The van der Waals surface area contributed by atoms with E-state index in [9.17, 15) is 0 Å². The minimum absolute atomic E-state index is 0.403. The number of nitrogens with zero attached hydrogens (tertiary/aromatic N) is 2. The second-order valence-corrected chi connectivity index (χ2v) is 3.73. The van der Waals surface area contributed by atoms with Crippen LogP contribution in [0.3, 0.4) is 0 Å². The molecule has 1 atom stereocenters. The van der Waals surface area contributed by atoms with Crippen molar-refractivity contribution >= 4 is 0 Å². The van der Waals surface area contributed by atoms with Gasteiger partial charge in [0.1, 0.15) is 0 Å². The summed E-state index contributed by atoms with van der Waals surface area (Å²) < 4.78 is 5.41. The molecular formula is C10H18N2O. The fourth-order valence-corrected chi connectivity index (χ4v) is 1.82. The van der Waals surface area contributed by atoms with Gasteiger partial charge in [0.05, 0.1) is 12.6 Å². The van der Waals surface area contributed by atoms with Crippen LogP contribution in [0.4, 0.5) is 0 Å². The third-order valence-corrected chi connectivity index (χ3v) is 2.52. The molecule has 0 radical (unpaired) electrons. The summed E-state index contributed by atoms with van der Waals surface area (Å²) in [6.07, 6.45) is 1.00. The monoisotopic (exact) mass is 182 g/mol. The molecule has 1 rings (SSSR count).